The summed E-state index contributed by atoms with van der Waals surface area (Å²) >= 11 is 0. The second-order valence-electron chi connectivity index (χ2n) is 5.19. The molecular weight excluding hydrogens is 254 g/mol. The van der Waals surface area contributed by atoms with Crippen LogP contribution in [-0.4, -0.2) is 22.4 Å². The summed E-state index contributed by atoms with van der Waals surface area (Å²) in [5, 5.41) is 10.9. The molecule has 0 spiro atoms. The van der Waals surface area contributed by atoms with Gasteiger partial charge in [0.2, 0.25) is 0 Å². The standard InChI is InChI=1S/C15H25N3O2/c1-4-6-10-17(12(3)5-2)11-13-8-7-9-14(15(13)16)18(19)20/h7-9,12H,4-6,10-11,16H2,1-3H3. The first-order chi connectivity index (χ1) is 9.51. The zero-order chi connectivity index (χ0) is 15.1. The molecule has 2 N–H and O–H groups in total. The van der Waals surface area contributed by atoms with Gasteiger partial charge in [0.25, 0.3) is 5.69 Å². The highest BCUT2D eigenvalue weighted by atomic mass is 16.6. The van der Waals surface area contributed by atoms with Gasteiger partial charge in [-0.2, -0.15) is 0 Å². The molecule has 0 heterocycles. The van der Waals surface area contributed by atoms with Gasteiger partial charge < -0.3 is 5.73 Å². The topological polar surface area (TPSA) is 72.4 Å². The average molecular weight is 279 g/mol. The summed E-state index contributed by atoms with van der Waals surface area (Å²) in [6.45, 7) is 8.16. The largest absolute Gasteiger partial charge is 0.393 e. The van der Waals surface area contributed by atoms with Crippen LogP contribution in [0, 0.1) is 10.1 Å². The van der Waals surface area contributed by atoms with E-state index in [9.17, 15) is 10.1 Å². The first kappa shape index (κ1) is 16.4. The van der Waals surface area contributed by atoms with Crippen molar-refractivity contribution in [3.8, 4) is 0 Å². The smallest absolute Gasteiger partial charge is 0.292 e. The van der Waals surface area contributed by atoms with Gasteiger partial charge in [-0.3, -0.25) is 15.0 Å². The second-order valence-corrected chi connectivity index (χ2v) is 5.19. The van der Waals surface area contributed by atoms with E-state index in [-0.39, 0.29) is 5.69 Å². The van der Waals surface area contributed by atoms with Crippen LogP contribution in [0.15, 0.2) is 18.2 Å². The third-order valence-electron chi connectivity index (χ3n) is 3.76. The molecule has 1 aromatic carbocycles. The van der Waals surface area contributed by atoms with Crippen molar-refractivity contribution in [1.82, 2.24) is 4.90 Å². The van der Waals surface area contributed by atoms with E-state index in [0.717, 1.165) is 31.4 Å². The maximum absolute atomic E-state index is 10.9. The molecule has 0 aliphatic heterocycles. The Hall–Kier alpha value is -1.62. The van der Waals surface area contributed by atoms with Gasteiger partial charge in [-0.05, 0) is 31.9 Å². The number of nitrogen functional groups attached to an aromatic ring is 1. The molecule has 0 fully saturated rings. The van der Waals surface area contributed by atoms with E-state index in [0.29, 0.717) is 18.3 Å². The summed E-state index contributed by atoms with van der Waals surface area (Å²) in [6, 6.07) is 5.49. The van der Waals surface area contributed by atoms with Crippen LogP contribution >= 0.6 is 0 Å². The van der Waals surface area contributed by atoms with Gasteiger partial charge in [0, 0.05) is 18.7 Å². The van der Waals surface area contributed by atoms with Gasteiger partial charge in [0.05, 0.1) is 4.92 Å². The molecule has 1 unspecified atom stereocenters. The molecule has 0 amide bonds. The maximum atomic E-state index is 10.9. The van der Waals surface area contributed by atoms with Crippen molar-refractivity contribution in [1.29, 1.82) is 0 Å². The Kier molecular flexibility index (Phi) is 6.45. The van der Waals surface area contributed by atoms with Gasteiger partial charge in [-0.1, -0.05) is 32.4 Å². The zero-order valence-electron chi connectivity index (χ0n) is 12.6. The molecule has 0 aliphatic rings. The molecule has 112 valence electrons. The van der Waals surface area contributed by atoms with Crippen LogP contribution in [0.4, 0.5) is 11.4 Å². The predicted octanol–water partition coefficient (Wildman–Crippen LogP) is 3.58. The minimum absolute atomic E-state index is 0.00194. The van der Waals surface area contributed by atoms with Crippen LogP contribution in [0.3, 0.4) is 0 Å². The van der Waals surface area contributed by atoms with E-state index >= 15 is 0 Å². The molecule has 1 rings (SSSR count). The number of rotatable bonds is 8. The summed E-state index contributed by atoms with van der Waals surface area (Å²) in [5.74, 6) is 0. The highest BCUT2D eigenvalue weighted by Crippen LogP contribution is 2.26. The Balaban J connectivity index is 2.93. The second kappa shape index (κ2) is 7.85. The zero-order valence-corrected chi connectivity index (χ0v) is 12.6. The Morgan fingerprint density at radius 2 is 2.10 bits per heavy atom. The van der Waals surface area contributed by atoms with Crippen LogP contribution < -0.4 is 5.73 Å². The van der Waals surface area contributed by atoms with Crippen LogP contribution in [0.5, 0.6) is 0 Å². The number of nitrogens with zero attached hydrogens (tertiary/aromatic N) is 2. The third kappa shape index (κ3) is 4.20. The van der Waals surface area contributed by atoms with Gasteiger partial charge in [-0.25, -0.2) is 0 Å². The van der Waals surface area contributed by atoms with Gasteiger partial charge >= 0.3 is 0 Å². The van der Waals surface area contributed by atoms with E-state index in [2.05, 4.69) is 25.7 Å². The molecule has 5 heteroatoms. The fourth-order valence-electron chi connectivity index (χ4n) is 2.19. The lowest BCUT2D eigenvalue weighted by molar-refractivity contribution is -0.384. The first-order valence-electron chi connectivity index (χ1n) is 7.27. The quantitative estimate of drug-likeness (QED) is 0.448. The highest BCUT2D eigenvalue weighted by molar-refractivity contribution is 5.62. The minimum Gasteiger partial charge on any atom is -0.393 e. The molecule has 0 aromatic heterocycles. The summed E-state index contributed by atoms with van der Waals surface area (Å²) < 4.78 is 0. The Morgan fingerprint density at radius 1 is 1.40 bits per heavy atom. The minimum atomic E-state index is -0.418. The molecule has 0 aliphatic carbocycles. The van der Waals surface area contributed by atoms with Crippen molar-refractivity contribution >= 4 is 11.4 Å². The normalized spacial score (nSPS) is 12.6. The van der Waals surface area contributed by atoms with Crippen LogP contribution in [-0.2, 0) is 6.54 Å². The fourth-order valence-corrected chi connectivity index (χ4v) is 2.19. The first-order valence-corrected chi connectivity index (χ1v) is 7.27. The van der Waals surface area contributed by atoms with Crippen molar-refractivity contribution in [2.24, 2.45) is 0 Å². The average Bonchev–Trinajstić information content (AvgIpc) is 2.43. The highest BCUT2D eigenvalue weighted by Gasteiger charge is 2.18. The van der Waals surface area contributed by atoms with E-state index in [1.165, 1.54) is 6.07 Å². The predicted molar refractivity (Wildman–Crippen MR) is 82.6 cm³/mol. The van der Waals surface area contributed by atoms with Crippen LogP contribution in [0.1, 0.15) is 45.6 Å². The van der Waals surface area contributed by atoms with Gasteiger partial charge in [0.1, 0.15) is 5.69 Å². The Morgan fingerprint density at radius 3 is 2.65 bits per heavy atom. The number of unbranched alkanes of at least 4 members (excludes halogenated alkanes) is 1. The van der Waals surface area contributed by atoms with E-state index in [4.69, 9.17) is 5.73 Å². The van der Waals surface area contributed by atoms with E-state index in [1.54, 1.807) is 6.07 Å². The number of anilines is 1. The van der Waals surface area contributed by atoms with Crippen molar-refractivity contribution in [3.05, 3.63) is 33.9 Å². The number of nitrogens with two attached hydrogens (primary N) is 1. The molecule has 1 aromatic rings. The van der Waals surface area contributed by atoms with Crippen LogP contribution in [0.2, 0.25) is 0 Å². The summed E-state index contributed by atoms with van der Waals surface area (Å²) in [7, 11) is 0. The summed E-state index contributed by atoms with van der Waals surface area (Å²) in [4.78, 5) is 12.9. The maximum Gasteiger partial charge on any atom is 0.292 e. The number of hydrogen-bond donors (Lipinski definition) is 1. The number of nitro benzene ring substituents is 1. The van der Waals surface area contributed by atoms with Crippen molar-refractivity contribution in [3.63, 3.8) is 0 Å². The lowest BCUT2D eigenvalue weighted by Gasteiger charge is -2.28. The Labute approximate surface area is 120 Å². The molecule has 1 atom stereocenters. The van der Waals surface area contributed by atoms with Crippen molar-refractivity contribution in [2.45, 2.75) is 52.6 Å². The van der Waals surface area contributed by atoms with Gasteiger partial charge in [-0.15, -0.1) is 0 Å². The number of nitro groups is 1. The summed E-state index contributed by atoms with van der Waals surface area (Å²) in [5.41, 5.74) is 7.07. The van der Waals surface area contributed by atoms with Gasteiger partial charge in [0.15, 0.2) is 0 Å². The van der Waals surface area contributed by atoms with Crippen molar-refractivity contribution < 1.29 is 4.92 Å². The molecule has 0 bridgehead atoms. The van der Waals surface area contributed by atoms with Crippen LogP contribution in [0.25, 0.3) is 0 Å². The number of para-hydroxylation sites is 1. The lowest BCUT2D eigenvalue weighted by atomic mass is 10.1. The SMILES string of the molecule is CCCCN(Cc1cccc([N+](=O)[O-])c1N)C(C)CC. The molecule has 0 radical (unpaired) electrons. The molecule has 20 heavy (non-hydrogen) atoms. The Bertz CT molecular complexity index is 449. The number of benzene rings is 1. The lowest BCUT2D eigenvalue weighted by Crippen LogP contribution is -2.33. The molecule has 5 nitrogen and oxygen atoms in total. The number of hydrogen-bond acceptors (Lipinski definition) is 4. The monoisotopic (exact) mass is 279 g/mol. The summed E-state index contributed by atoms with van der Waals surface area (Å²) in [6.07, 6.45) is 3.31. The van der Waals surface area contributed by atoms with E-state index < -0.39 is 4.92 Å². The molecular formula is C15H25N3O2. The third-order valence-corrected chi connectivity index (χ3v) is 3.76. The molecule has 0 saturated heterocycles. The van der Waals surface area contributed by atoms with E-state index in [1.807, 2.05) is 6.07 Å². The van der Waals surface area contributed by atoms with Crippen molar-refractivity contribution in [2.75, 3.05) is 12.3 Å². The fraction of sp³-hybridized carbons (Fsp3) is 0.600. The molecule has 0 saturated carbocycles.